The first kappa shape index (κ1) is 35.0. The van der Waals surface area contributed by atoms with E-state index in [-0.39, 0.29) is 25.7 Å². The Balaban J connectivity index is 0.000000319. The van der Waals surface area contributed by atoms with Gasteiger partial charge in [0.05, 0.1) is 32.8 Å². The van der Waals surface area contributed by atoms with Gasteiger partial charge in [0.25, 0.3) is 0 Å². The largest absolute Gasteiger partial charge is 0.497 e. The molecule has 0 spiro atoms. The summed E-state index contributed by atoms with van der Waals surface area (Å²) < 4.78 is 5.45. The molecule has 1 aromatic rings. The molecule has 0 radical (unpaired) electrons. The van der Waals surface area contributed by atoms with Gasteiger partial charge < -0.3 is 36.2 Å². The van der Waals surface area contributed by atoms with E-state index in [2.05, 4.69) is 30.4 Å². The molecule has 42 heavy (non-hydrogen) atoms. The van der Waals surface area contributed by atoms with Crippen LogP contribution < -0.4 is 15.8 Å². The number of rotatable bonds is 12. The van der Waals surface area contributed by atoms with Crippen LogP contribution in [0.2, 0.25) is 0 Å². The van der Waals surface area contributed by atoms with Gasteiger partial charge in [0, 0.05) is 6.04 Å². The maximum absolute atomic E-state index is 9.64. The van der Waals surface area contributed by atoms with Gasteiger partial charge in [-0.15, -0.1) is 0 Å². The Morgan fingerprint density at radius 2 is 1.50 bits per heavy atom. The molecule has 2 fully saturated rings. The number of aliphatic carboxylic acids is 4. The van der Waals surface area contributed by atoms with E-state index in [1.165, 1.54) is 44.9 Å². The third-order valence-electron chi connectivity index (χ3n) is 9.06. The van der Waals surface area contributed by atoms with Crippen molar-refractivity contribution in [1.29, 1.82) is 0 Å². The molecule has 1 aromatic carbocycles. The van der Waals surface area contributed by atoms with Crippen LogP contribution in [0.25, 0.3) is 0 Å². The zero-order valence-electron chi connectivity index (χ0n) is 24.8. The Morgan fingerprint density at radius 3 is 2.02 bits per heavy atom. The number of carbonyl (C=O) groups is 4. The lowest BCUT2D eigenvalue weighted by atomic mass is 9.55. The highest BCUT2D eigenvalue weighted by Crippen LogP contribution is 2.60. The summed E-state index contributed by atoms with van der Waals surface area (Å²) in [6, 6.07) is 7.54. The molecule has 0 aliphatic heterocycles. The van der Waals surface area contributed by atoms with Crippen molar-refractivity contribution in [3.8, 4) is 5.75 Å². The van der Waals surface area contributed by atoms with Gasteiger partial charge in [0.2, 0.25) is 0 Å². The zero-order valence-corrected chi connectivity index (χ0v) is 24.8. The number of carboxylic acid groups (broad SMARTS) is 4. The number of fused-ring (bicyclic) bond motifs is 5. The Hall–Kier alpha value is -3.18. The second kappa shape index (κ2) is 17.1. The number of ether oxygens (including phenoxy) is 1. The van der Waals surface area contributed by atoms with Gasteiger partial charge in [-0.05, 0) is 111 Å². The first-order chi connectivity index (χ1) is 19.9. The highest BCUT2D eigenvalue weighted by atomic mass is 16.5. The lowest BCUT2D eigenvalue weighted by molar-refractivity contribution is -0.143. The molecule has 3 aliphatic carbocycles. The van der Waals surface area contributed by atoms with Crippen LogP contribution in [0.3, 0.4) is 0 Å². The quantitative estimate of drug-likeness (QED) is 0.191. The third kappa shape index (κ3) is 10.3. The molecule has 3 aliphatic rings. The highest BCUT2D eigenvalue weighted by molar-refractivity contribution is 5.75. The van der Waals surface area contributed by atoms with Gasteiger partial charge >= 0.3 is 23.9 Å². The summed E-state index contributed by atoms with van der Waals surface area (Å²) in [6.07, 6.45) is 9.28. The Labute approximate surface area is 247 Å². The molecule has 4 rings (SSSR count). The van der Waals surface area contributed by atoms with Crippen molar-refractivity contribution in [3.63, 3.8) is 0 Å². The van der Waals surface area contributed by atoms with Crippen LogP contribution in [0.1, 0.15) is 94.6 Å². The number of unbranched alkanes of at least 4 members (excludes halogenated alkanes) is 1. The first-order valence-corrected chi connectivity index (χ1v) is 14.9. The Morgan fingerprint density at radius 1 is 0.905 bits per heavy atom. The first-order valence-electron chi connectivity index (χ1n) is 14.9. The molecule has 0 unspecified atom stereocenters. The van der Waals surface area contributed by atoms with Crippen molar-refractivity contribution >= 4 is 23.9 Å². The van der Waals surface area contributed by atoms with Crippen LogP contribution >= 0.6 is 0 Å². The maximum atomic E-state index is 9.64. The average Bonchev–Trinajstić information content (AvgIpc) is 3.29. The summed E-state index contributed by atoms with van der Waals surface area (Å²) in [7, 11) is 1.78. The second-order valence-corrected chi connectivity index (χ2v) is 11.7. The molecule has 0 amide bonds. The van der Waals surface area contributed by atoms with E-state index < -0.39 is 23.9 Å². The highest BCUT2D eigenvalue weighted by Gasteiger charge is 2.54. The minimum atomic E-state index is -1.08. The number of methoxy groups -OCH3 is 1. The fourth-order valence-electron chi connectivity index (χ4n) is 6.99. The molecule has 0 aromatic heterocycles. The SMILES string of the molecule is COc1ccc2c(c1)CC[C@@H]1[C@@H]2CC[C@]2(C)[C@@H](NCCCCN)CC[C@@H]12.O=C(O)CCC(=O)O.O=C(O)CCC(=O)O. The van der Waals surface area contributed by atoms with E-state index in [1.807, 2.05) is 0 Å². The van der Waals surface area contributed by atoms with Crippen LogP contribution in [0.4, 0.5) is 0 Å². The van der Waals surface area contributed by atoms with Crippen LogP contribution in [-0.2, 0) is 25.6 Å². The zero-order chi connectivity index (χ0) is 31.3. The Kier molecular flexibility index (Phi) is 14.2. The second-order valence-electron chi connectivity index (χ2n) is 11.7. The monoisotopic (exact) mass is 592 g/mol. The summed E-state index contributed by atoms with van der Waals surface area (Å²) >= 11 is 0. The van der Waals surface area contributed by atoms with Crippen molar-refractivity contribution in [2.75, 3.05) is 20.2 Å². The number of hydrogen-bond donors (Lipinski definition) is 6. The predicted molar refractivity (Wildman–Crippen MR) is 157 cm³/mol. The predicted octanol–water partition coefficient (Wildman–Crippen LogP) is 4.12. The lowest BCUT2D eigenvalue weighted by Gasteiger charge is -2.51. The maximum Gasteiger partial charge on any atom is 0.303 e. The standard InChI is InChI=1S/C23H36N2O.2C4H6O4/c1-23-12-11-19-18-8-6-17(26-2)15-16(18)5-7-20(19)21(23)9-10-22(23)25-14-4-3-13-24;2*5-3(6)1-2-4(7)8/h6,8,15,19-22,25H,3-5,7,9-14,24H2,1-2H3;2*1-2H2,(H,5,6)(H,7,8)/t19-,20-,21+,22+,23+;;/m1../s1. The van der Waals surface area contributed by atoms with Gasteiger partial charge in [0.1, 0.15) is 5.75 Å². The van der Waals surface area contributed by atoms with Gasteiger partial charge in [0.15, 0.2) is 0 Å². The van der Waals surface area contributed by atoms with Gasteiger partial charge in [-0.1, -0.05) is 13.0 Å². The smallest absolute Gasteiger partial charge is 0.303 e. The van der Waals surface area contributed by atoms with Crippen molar-refractivity contribution in [2.24, 2.45) is 23.0 Å². The summed E-state index contributed by atoms with van der Waals surface area (Å²) in [4.78, 5) is 38.6. The fourth-order valence-corrected chi connectivity index (χ4v) is 6.99. The van der Waals surface area contributed by atoms with E-state index >= 15 is 0 Å². The summed E-state index contributed by atoms with van der Waals surface area (Å²) in [6.45, 7) is 4.55. The lowest BCUT2D eigenvalue weighted by Crippen LogP contribution is -2.48. The minimum Gasteiger partial charge on any atom is -0.497 e. The number of nitrogens with one attached hydrogen (secondary N) is 1. The fraction of sp³-hybridized carbons (Fsp3) is 0.677. The van der Waals surface area contributed by atoms with E-state index in [0.29, 0.717) is 11.5 Å². The number of nitrogens with two attached hydrogens (primary N) is 1. The molecule has 0 saturated heterocycles. The normalized spacial score (nSPS) is 25.2. The van der Waals surface area contributed by atoms with Gasteiger partial charge in [-0.25, -0.2) is 0 Å². The molecule has 7 N–H and O–H groups in total. The summed E-state index contributed by atoms with van der Waals surface area (Å²) in [5.74, 6) is -0.738. The molecule has 11 nitrogen and oxygen atoms in total. The molecule has 0 bridgehead atoms. The molecular formula is C31H48N2O9. The molecule has 5 atom stereocenters. The van der Waals surface area contributed by atoms with E-state index in [1.54, 1.807) is 18.2 Å². The topological polar surface area (TPSA) is 196 Å². The molecule has 0 heterocycles. The van der Waals surface area contributed by atoms with Crippen molar-refractivity contribution in [2.45, 2.75) is 95.9 Å². The summed E-state index contributed by atoms with van der Waals surface area (Å²) in [5, 5.41) is 35.5. The average molecular weight is 593 g/mol. The molecule has 236 valence electrons. The number of carboxylic acids is 4. The van der Waals surface area contributed by atoms with E-state index in [0.717, 1.165) is 43.0 Å². The molecule has 11 heteroatoms. The summed E-state index contributed by atoms with van der Waals surface area (Å²) in [5.41, 5.74) is 9.32. The van der Waals surface area contributed by atoms with Crippen LogP contribution in [0.5, 0.6) is 5.75 Å². The van der Waals surface area contributed by atoms with Gasteiger partial charge in [-0.2, -0.15) is 0 Å². The third-order valence-corrected chi connectivity index (χ3v) is 9.06. The van der Waals surface area contributed by atoms with Crippen LogP contribution in [0, 0.1) is 17.3 Å². The van der Waals surface area contributed by atoms with E-state index in [9.17, 15) is 19.2 Å². The van der Waals surface area contributed by atoms with E-state index in [4.69, 9.17) is 30.9 Å². The van der Waals surface area contributed by atoms with Crippen molar-refractivity contribution in [1.82, 2.24) is 5.32 Å². The van der Waals surface area contributed by atoms with Crippen LogP contribution in [0.15, 0.2) is 18.2 Å². The number of benzene rings is 1. The number of aryl methyl sites for hydroxylation is 1. The minimum absolute atomic E-state index is 0.296. The molecular weight excluding hydrogens is 544 g/mol. The number of hydrogen-bond acceptors (Lipinski definition) is 7. The van der Waals surface area contributed by atoms with Crippen molar-refractivity contribution < 1.29 is 44.3 Å². The molecule has 2 saturated carbocycles. The van der Waals surface area contributed by atoms with Gasteiger partial charge in [-0.3, -0.25) is 19.2 Å². The van der Waals surface area contributed by atoms with Crippen LogP contribution in [-0.4, -0.2) is 70.5 Å². The Bertz CT molecular complexity index is 1010. The van der Waals surface area contributed by atoms with Crippen molar-refractivity contribution in [3.05, 3.63) is 29.3 Å².